The van der Waals surface area contributed by atoms with E-state index in [4.69, 9.17) is 0 Å². The minimum absolute atomic E-state index is 1.17. The summed E-state index contributed by atoms with van der Waals surface area (Å²) in [7, 11) is 0. The molecule has 0 amide bonds. The number of fused-ring (bicyclic) bond motifs is 5. The van der Waals surface area contributed by atoms with Crippen molar-refractivity contribution < 1.29 is 0 Å². The molecule has 5 aromatic carbocycles. The van der Waals surface area contributed by atoms with Crippen molar-refractivity contribution in [1.29, 1.82) is 0 Å². The lowest BCUT2D eigenvalue weighted by Gasteiger charge is -2.13. The molecule has 0 aliphatic rings. The topological polar surface area (TPSA) is 4.93 Å². The van der Waals surface area contributed by atoms with Gasteiger partial charge in [-0.25, -0.2) is 0 Å². The molecule has 35 heavy (non-hydrogen) atoms. The number of aromatic nitrogens is 1. The normalized spacial score (nSPS) is 12.1. The van der Waals surface area contributed by atoms with Gasteiger partial charge in [-0.1, -0.05) is 103 Å². The molecule has 0 unspecified atom stereocenters. The number of benzene rings is 5. The fraction of sp³-hybridized carbons (Fsp3) is 0.0588. The first kappa shape index (κ1) is 21.2. The van der Waals surface area contributed by atoms with E-state index in [1.54, 1.807) is 0 Å². The lowest BCUT2D eigenvalue weighted by atomic mass is 9.99. The highest BCUT2D eigenvalue weighted by Crippen LogP contribution is 2.40. The van der Waals surface area contributed by atoms with Crippen LogP contribution >= 0.6 is 0 Å². The summed E-state index contributed by atoms with van der Waals surface area (Å²) >= 11 is 0. The zero-order valence-electron chi connectivity index (χ0n) is 20.1. The SMILES string of the molecule is C/C=C\C=C/c1cc2ccccc2c2c3cc(C)ccc3n(-c3cccc(-c4ccccc4)c3)c12. The second-order valence-corrected chi connectivity index (χ2v) is 9.07. The van der Waals surface area contributed by atoms with Gasteiger partial charge in [-0.3, -0.25) is 0 Å². The molecule has 1 nitrogen and oxygen atoms in total. The molecule has 1 heterocycles. The summed E-state index contributed by atoms with van der Waals surface area (Å²) in [6.45, 7) is 4.23. The average Bonchev–Trinajstić information content (AvgIpc) is 3.24. The van der Waals surface area contributed by atoms with Crippen molar-refractivity contribution in [2.75, 3.05) is 0 Å². The first-order valence-electron chi connectivity index (χ1n) is 12.2. The predicted molar refractivity (Wildman–Crippen MR) is 152 cm³/mol. The van der Waals surface area contributed by atoms with Crippen molar-refractivity contribution in [3.05, 3.63) is 132 Å². The fourth-order valence-corrected chi connectivity index (χ4v) is 5.16. The number of rotatable bonds is 4. The van der Waals surface area contributed by atoms with E-state index in [1.165, 1.54) is 60.5 Å². The summed E-state index contributed by atoms with van der Waals surface area (Å²) in [6, 6.07) is 37.4. The molecule has 0 saturated heterocycles. The standard InChI is InChI=1S/C34H27N/c1-3-4-6-15-28-22-27-14-9-10-18-30(27)33-31-21-24(2)19-20-32(31)35(34(28)33)29-17-11-16-26(23-29)25-12-7-5-8-13-25/h3-23H,1-2H3/b4-3-,15-6-. The summed E-state index contributed by atoms with van der Waals surface area (Å²) in [5.74, 6) is 0. The summed E-state index contributed by atoms with van der Waals surface area (Å²) < 4.78 is 2.44. The van der Waals surface area contributed by atoms with Gasteiger partial charge in [0.05, 0.1) is 11.0 Å². The lowest BCUT2D eigenvalue weighted by Crippen LogP contribution is -1.96. The summed E-state index contributed by atoms with van der Waals surface area (Å²) in [6.07, 6.45) is 8.53. The molecule has 6 rings (SSSR count). The second-order valence-electron chi connectivity index (χ2n) is 9.07. The first-order valence-corrected chi connectivity index (χ1v) is 12.2. The Morgan fingerprint density at radius 2 is 1.46 bits per heavy atom. The molecule has 1 aromatic heterocycles. The smallest absolute Gasteiger partial charge is 0.0619 e. The molecule has 6 aromatic rings. The van der Waals surface area contributed by atoms with Crippen LogP contribution in [0.3, 0.4) is 0 Å². The summed E-state index contributed by atoms with van der Waals surface area (Å²) in [5.41, 5.74) is 8.58. The maximum absolute atomic E-state index is 2.44. The van der Waals surface area contributed by atoms with E-state index in [0.717, 1.165) is 0 Å². The van der Waals surface area contributed by atoms with Gasteiger partial charge in [-0.05, 0) is 71.6 Å². The lowest BCUT2D eigenvalue weighted by molar-refractivity contribution is 1.18. The quantitative estimate of drug-likeness (QED) is 0.236. The van der Waals surface area contributed by atoms with Gasteiger partial charge in [0.15, 0.2) is 0 Å². The molecule has 1 heteroatoms. The maximum Gasteiger partial charge on any atom is 0.0619 e. The highest BCUT2D eigenvalue weighted by molar-refractivity contribution is 6.23. The summed E-state index contributed by atoms with van der Waals surface area (Å²) in [4.78, 5) is 0. The van der Waals surface area contributed by atoms with Gasteiger partial charge in [-0.2, -0.15) is 0 Å². The third-order valence-corrected chi connectivity index (χ3v) is 6.73. The Balaban J connectivity index is 1.77. The van der Waals surface area contributed by atoms with Crippen LogP contribution in [-0.4, -0.2) is 4.57 Å². The van der Waals surface area contributed by atoms with Gasteiger partial charge in [0.1, 0.15) is 0 Å². The molecular weight excluding hydrogens is 422 g/mol. The highest BCUT2D eigenvalue weighted by atomic mass is 15.0. The van der Waals surface area contributed by atoms with Gasteiger partial charge in [0.2, 0.25) is 0 Å². The van der Waals surface area contributed by atoms with E-state index in [0.29, 0.717) is 0 Å². The summed E-state index contributed by atoms with van der Waals surface area (Å²) in [5, 5.41) is 5.16. The molecule has 0 atom stereocenters. The number of aryl methyl sites for hydroxylation is 1. The van der Waals surface area contributed by atoms with Crippen molar-refractivity contribution in [2.24, 2.45) is 0 Å². The van der Waals surface area contributed by atoms with Crippen molar-refractivity contribution in [3.8, 4) is 16.8 Å². The molecule has 0 saturated carbocycles. The van der Waals surface area contributed by atoms with Crippen LogP contribution in [0.5, 0.6) is 0 Å². The number of hydrogen-bond donors (Lipinski definition) is 0. The van der Waals surface area contributed by atoms with E-state index in [2.05, 4.69) is 146 Å². The van der Waals surface area contributed by atoms with E-state index < -0.39 is 0 Å². The number of allylic oxidation sites excluding steroid dienone is 3. The van der Waals surface area contributed by atoms with Crippen LogP contribution in [0, 0.1) is 6.92 Å². The largest absolute Gasteiger partial charge is 0.309 e. The van der Waals surface area contributed by atoms with Crippen molar-refractivity contribution in [1.82, 2.24) is 4.57 Å². The molecule has 0 aliphatic carbocycles. The average molecular weight is 450 g/mol. The van der Waals surface area contributed by atoms with Crippen LogP contribution in [-0.2, 0) is 0 Å². The Morgan fingerprint density at radius 1 is 0.657 bits per heavy atom. The molecule has 0 N–H and O–H groups in total. The molecule has 0 bridgehead atoms. The monoisotopic (exact) mass is 449 g/mol. The van der Waals surface area contributed by atoms with Gasteiger partial charge in [0.25, 0.3) is 0 Å². The Hall–Kier alpha value is -4.36. The minimum Gasteiger partial charge on any atom is -0.309 e. The number of hydrogen-bond acceptors (Lipinski definition) is 0. The van der Waals surface area contributed by atoms with Gasteiger partial charge < -0.3 is 4.57 Å². The first-order chi connectivity index (χ1) is 17.2. The third-order valence-electron chi connectivity index (χ3n) is 6.73. The van der Waals surface area contributed by atoms with Crippen molar-refractivity contribution in [2.45, 2.75) is 13.8 Å². The van der Waals surface area contributed by atoms with Crippen LogP contribution in [0.1, 0.15) is 18.1 Å². The zero-order chi connectivity index (χ0) is 23.8. The Labute approximate surface area is 206 Å². The van der Waals surface area contributed by atoms with Crippen LogP contribution in [0.4, 0.5) is 0 Å². The Morgan fingerprint density at radius 3 is 2.31 bits per heavy atom. The third kappa shape index (κ3) is 3.66. The van der Waals surface area contributed by atoms with Gasteiger partial charge >= 0.3 is 0 Å². The molecule has 0 fully saturated rings. The van der Waals surface area contributed by atoms with Gasteiger partial charge in [-0.15, -0.1) is 0 Å². The van der Waals surface area contributed by atoms with Crippen LogP contribution in [0.25, 0.3) is 55.5 Å². The molecule has 168 valence electrons. The van der Waals surface area contributed by atoms with Crippen molar-refractivity contribution >= 4 is 38.7 Å². The minimum atomic E-state index is 1.17. The zero-order valence-corrected chi connectivity index (χ0v) is 20.1. The van der Waals surface area contributed by atoms with Gasteiger partial charge in [0, 0.05) is 16.5 Å². The van der Waals surface area contributed by atoms with E-state index in [-0.39, 0.29) is 0 Å². The number of nitrogens with zero attached hydrogens (tertiary/aromatic N) is 1. The van der Waals surface area contributed by atoms with E-state index in [9.17, 15) is 0 Å². The predicted octanol–water partition coefficient (Wildman–Crippen LogP) is 9.50. The van der Waals surface area contributed by atoms with E-state index in [1.807, 2.05) is 0 Å². The molecule has 0 radical (unpaired) electrons. The molecule has 0 aliphatic heterocycles. The van der Waals surface area contributed by atoms with Crippen LogP contribution < -0.4 is 0 Å². The highest BCUT2D eigenvalue weighted by Gasteiger charge is 2.18. The molecular formula is C34H27N. The maximum atomic E-state index is 2.44. The second kappa shape index (κ2) is 8.77. The fourth-order valence-electron chi connectivity index (χ4n) is 5.16. The van der Waals surface area contributed by atoms with Crippen LogP contribution in [0.2, 0.25) is 0 Å². The molecule has 0 spiro atoms. The Kier molecular flexibility index (Phi) is 5.31. The van der Waals surface area contributed by atoms with Crippen LogP contribution in [0.15, 0.2) is 121 Å². The Bertz CT molecular complexity index is 1750. The van der Waals surface area contributed by atoms with Crippen molar-refractivity contribution in [3.63, 3.8) is 0 Å². The van der Waals surface area contributed by atoms with E-state index >= 15 is 0 Å².